The van der Waals surface area contributed by atoms with Crippen LogP contribution < -0.4 is 24.3 Å². The van der Waals surface area contributed by atoms with Crippen LogP contribution in [-0.2, 0) is 20.7 Å². The van der Waals surface area contributed by atoms with Crippen molar-refractivity contribution in [1.82, 2.24) is 9.88 Å². The average molecular weight is 745 g/mol. The van der Waals surface area contributed by atoms with Gasteiger partial charge in [-0.3, -0.25) is 4.90 Å². The van der Waals surface area contributed by atoms with Gasteiger partial charge < -0.3 is 34.2 Å². The van der Waals surface area contributed by atoms with Gasteiger partial charge in [0.25, 0.3) is 0 Å². The number of fused-ring (bicyclic) bond motifs is 3. The fourth-order valence-corrected chi connectivity index (χ4v) is 6.87. The third-order valence-corrected chi connectivity index (χ3v) is 10.1. The first kappa shape index (κ1) is 36.8. The largest absolute Gasteiger partial charge is 0.619 e. The van der Waals surface area contributed by atoms with E-state index in [1.807, 2.05) is 0 Å². The topological polar surface area (TPSA) is 135 Å². The molecule has 2 aromatic heterocycles. The summed E-state index contributed by atoms with van der Waals surface area (Å²) in [5.41, 5.74) is 2.37. The molecule has 1 aliphatic carbocycles. The summed E-state index contributed by atoms with van der Waals surface area (Å²) in [5, 5.41) is 15.0. The molecule has 8 rings (SSSR count). The predicted molar refractivity (Wildman–Crippen MR) is 191 cm³/mol. The first-order valence-electron chi connectivity index (χ1n) is 18.1. The number of pyridine rings is 2. The van der Waals surface area contributed by atoms with Gasteiger partial charge in [0.2, 0.25) is 5.88 Å². The maximum atomic E-state index is 13.9. The van der Waals surface area contributed by atoms with E-state index in [0.717, 1.165) is 38.8 Å². The summed E-state index contributed by atoms with van der Waals surface area (Å²) in [4.78, 5) is 34.3. The smallest absolute Gasteiger partial charge is 0.387 e. The zero-order chi connectivity index (χ0) is 37.6. The van der Waals surface area contributed by atoms with Crippen molar-refractivity contribution in [2.24, 2.45) is 11.8 Å². The van der Waals surface area contributed by atoms with Crippen LogP contribution in [0.4, 0.5) is 14.5 Å². The molecule has 5 heterocycles. The molecular formula is C40H42F2N4O8. The monoisotopic (exact) mass is 744 g/mol. The number of halogens is 2. The Kier molecular flexibility index (Phi) is 11.4. The second kappa shape index (κ2) is 16.7. The molecule has 3 atom stereocenters. The van der Waals surface area contributed by atoms with E-state index >= 15 is 0 Å². The van der Waals surface area contributed by atoms with Crippen LogP contribution in [0.25, 0.3) is 0 Å². The molecule has 1 saturated carbocycles. The molecule has 2 bridgehead atoms. The minimum Gasteiger partial charge on any atom is -0.619 e. The maximum absolute atomic E-state index is 13.9. The number of carbonyl (C=O) groups excluding carboxylic acids is 2. The number of methoxy groups -OCH3 is 1. The molecule has 0 radical (unpaired) electrons. The van der Waals surface area contributed by atoms with E-state index in [0.29, 0.717) is 58.0 Å². The Balaban J connectivity index is 1.13. The van der Waals surface area contributed by atoms with E-state index in [1.54, 1.807) is 66.9 Å². The molecule has 4 fully saturated rings. The number of anilines is 1. The SMILES string of the molecule is COc1ccc(C(Nc2cccc(C(=O)O[C@@H](Cc3cc[n+]([O-])cc3)c3ccc(OC(F)F)c(OCC4CC4)c3)c2)C(=O)O[C@H]2CN3CCC2CC3)cn1. The van der Waals surface area contributed by atoms with Gasteiger partial charge in [-0.1, -0.05) is 12.1 Å². The molecular weight excluding hydrogens is 702 g/mol. The van der Waals surface area contributed by atoms with Crippen molar-refractivity contribution in [3.05, 3.63) is 113 Å². The molecule has 12 nitrogen and oxygen atoms in total. The highest BCUT2D eigenvalue weighted by atomic mass is 19.3. The lowest BCUT2D eigenvalue weighted by molar-refractivity contribution is -0.605. The van der Waals surface area contributed by atoms with E-state index < -0.39 is 30.7 Å². The molecule has 4 aromatic rings. The Morgan fingerprint density at radius 3 is 2.43 bits per heavy atom. The minimum absolute atomic E-state index is 0.113. The molecule has 2 aromatic carbocycles. The minimum atomic E-state index is -3.06. The zero-order valence-electron chi connectivity index (χ0n) is 29.8. The molecule has 0 spiro atoms. The number of hydrogen-bond donors (Lipinski definition) is 1. The Labute approximate surface area is 311 Å². The molecule has 4 aliphatic rings. The lowest BCUT2D eigenvalue weighted by Gasteiger charge is -2.44. The van der Waals surface area contributed by atoms with Crippen molar-refractivity contribution in [2.45, 2.75) is 57.0 Å². The van der Waals surface area contributed by atoms with E-state index in [9.17, 15) is 23.6 Å². The van der Waals surface area contributed by atoms with Gasteiger partial charge >= 0.3 is 18.6 Å². The lowest BCUT2D eigenvalue weighted by atomic mass is 9.86. The second-order valence-corrected chi connectivity index (χ2v) is 13.9. The van der Waals surface area contributed by atoms with Crippen molar-refractivity contribution < 1.29 is 46.8 Å². The Morgan fingerprint density at radius 1 is 0.981 bits per heavy atom. The Hall–Kier alpha value is -5.50. The van der Waals surface area contributed by atoms with Gasteiger partial charge in [-0.15, -0.1) is 0 Å². The summed E-state index contributed by atoms with van der Waals surface area (Å²) in [5.74, 6) is -0.109. The van der Waals surface area contributed by atoms with E-state index in [-0.39, 0.29) is 29.6 Å². The van der Waals surface area contributed by atoms with Crippen molar-refractivity contribution >= 4 is 17.6 Å². The zero-order valence-corrected chi connectivity index (χ0v) is 29.8. The van der Waals surface area contributed by atoms with Crippen LogP contribution in [0.2, 0.25) is 0 Å². The third kappa shape index (κ3) is 9.34. The standard InChI is InChI=1S/C40H42F2N4O8/c1-50-36-10-8-30(22-43-36)37(39(48)53-35-23-45-15-13-27(35)14-16-45)44-31-4-2-3-29(20-31)38(47)52-33(19-25-11-17-46(49)18-12-25)28-7-9-32(54-40(41)42)34(21-28)51-24-26-5-6-26/h2-4,7-12,17-18,20-22,26-27,33,35,37,40,44H,5-6,13-16,19,23-24H2,1H3/t33-,35-,37?/m0/s1. The summed E-state index contributed by atoms with van der Waals surface area (Å²) in [6.07, 6.45) is 7.22. The Morgan fingerprint density at radius 2 is 1.76 bits per heavy atom. The number of alkyl halides is 2. The van der Waals surface area contributed by atoms with Gasteiger partial charge in [-0.05, 0) is 98.1 Å². The number of carbonyl (C=O) groups is 2. The normalized spacial score (nSPS) is 20.1. The second-order valence-electron chi connectivity index (χ2n) is 13.9. The predicted octanol–water partition coefficient (Wildman–Crippen LogP) is 6.05. The van der Waals surface area contributed by atoms with Gasteiger partial charge in [0, 0.05) is 48.6 Å². The third-order valence-electron chi connectivity index (χ3n) is 10.1. The number of rotatable bonds is 16. The van der Waals surface area contributed by atoms with Crippen LogP contribution in [0.5, 0.6) is 17.4 Å². The summed E-state index contributed by atoms with van der Waals surface area (Å²) < 4.78 is 55.2. The molecule has 1 unspecified atom stereocenters. The summed E-state index contributed by atoms with van der Waals surface area (Å²) in [6, 6.07) is 16.7. The molecule has 0 amide bonds. The number of esters is 2. The maximum Gasteiger partial charge on any atom is 0.387 e. The van der Waals surface area contributed by atoms with Crippen molar-refractivity contribution in [3.8, 4) is 17.4 Å². The number of hydrogen-bond acceptors (Lipinski definition) is 11. The average Bonchev–Trinajstić information content (AvgIpc) is 4.02. The van der Waals surface area contributed by atoms with Crippen molar-refractivity contribution in [1.29, 1.82) is 0 Å². The van der Waals surface area contributed by atoms with Crippen LogP contribution in [0.15, 0.2) is 85.3 Å². The first-order chi connectivity index (χ1) is 26.2. The van der Waals surface area contributed by atoms with Gasteiger partial charge in [0.15, 0.2) is 29.9 Å². The molecule has 14 heteroatoms. The fraction of sp³-hybridized carbons (Fsp3) is 0.400. The number of nitrogens with one attached hydrogen (secondary N) is 1. The first-order valence-corrected chi connectivity index (χ1v) is 18.1. The lowest BCUT2D eigenvalue weighted by Crippen LogP contribution is -2.52. The Bertz CT molecular complexity index is 1900. The number of aromatic nitrogens is 2. The summed E-state index contributed by atoms with van der Waals surface area (Å²) >= 11 is 0. The van der Waals surface area contributed by atoms with Crippen LogP contribution in [0.1, 0.15) is 64.9 Å². The van der Waals surface area contributed by atoms with Crippen LogP contribution >= 0.6 is 0 Å². The summed E-state index contributed by atoms with van der Waals surface area (Å²) in [6.45, 7) is -0.00399. The van der Waals surface area contributed by atoms with Gasteiger partial charge in [-0.2, -0.15) is 13.5 Å². The van der Waals surface area contributed by atoms with Crippen molar-refractivity contribution in [3.63, 3.8) is 0 Å². The number of piperidine rings is 3. The molecule has 54 heavy (non-hydrogen) atoms. The van der Waals surface area contributed by atoms with E-state index in [4.69, 9.17) is 23.7 Å². The molecule has 284 valence electrons. The number of ether oxygens (including phenoxy) is 5. The quantitative estimate of drug-likeness (QED) is 0.0817. The molecule has 3 saturated heterocycles. The van der Waals surface area contributed by atoms with Crippen LogP contribution in [0, 0.1) is 17.0 Å². The highest BCUT2D eigenvalue weighted by molar-refractivity contribution is 5.91. The number of benzene rings is 2. The highest BCUT2D eigenvalue weighted by Gasteiger charge is 2.38. The summed E-state index contributed by atoms with van der Waals surface area (Å²) in [7, 11) is 1.51. The van der Waals surface area contributed by atoms with E-state index in [1.165, 1.54) is 25.6 Å². The van der Waals surface area contributed by atoms with Crippen LogP contribution in [-0.4, -0.2) is 67.9 Å². The van der Waals surface area contributed by atoms with Gasteiger partial charge in [0.1, 0.15) is 12.2 Å². The number of nitrogens with zero attached hydrogens (tertiary/aromatic N) is 3. The molecule has 1 N–H and O–H groups in total. The molecule has 3 aliphatic heterocycles. The van der Waals surface area contributed by atoms with Crippen molar-refractivity contribution in [2.75, 3.05) is 38.7 Å². The van der Waals surface area contributed by atoms with Gasteiger partial charge in [0.05, 0.1) is 19.3 Å². The van der Waals surface area contributed by atoms with Gasteiger partial charge in [-0.25, -0.2) is 14.6 Å². The fourth-order valence-electron chi connectivity index (χ4n) is 6.87. The van der Waals surface area contributed by atoms with Crippen LogP contribution in [0.3, 0.4) is 0 Å². The van der Waals surface area contributed by atoms with E-state index in [2.05, 4.69) is 15.2 Å². The highest BCUT2D eigenvalue weighted by Crippen LogP contribution is 2.37.